The summed E-state index contributed by atoms with van der Waals surface area (Å²) in [6, 6.07) is 0.850. The number of amides is 2. The Morgan fingerprint density at radius 3 is 2.52 bits per heavy atom. The molecule has 0 aliphatic carbocycles. The molecule has 0 aliphatic rings. The van der Waals surface area contributed by atoms with Gasteiger partial charge in [-0.15, -0.1) is 0 Å². The van der Waals surface area contributed by atoms with Crippen LogP contribution in [-0.2, 0) is 4.74 Å². The summed E-state index contributed by atoms with van der Waals surface area (Å²) in [6.45, 7) is 3.73. The first-order valence-electron chi connectivity index (χ1n) is 9.96. The van der Waals surface area contributed by atoms with Crippen LogP contribution in [0.3, 0.4) is 0 Å². The fourth-order valence-corrected chi connectivity index (χ4v) is 2.88. The summed E-state index contributed by atoms with van der Waals surface area (Å²) in [7, 11) is 1.47. The number of pyridine rings is 2. The first-order chi connectivity index (χ1) is 15.7. The number of primary amides is 1. The molecule has 2 amide bonds. The molecule has 0 radical (unpaired) electrons. The Morgan fingerprint density at radius 1 is 1.21 bits per heavy atom. The Labute approximate surface area is 188 Å². The van der Waals surface area contributed by atoms with Crippen molar-refractivity contribution in [2.75, 3.05) is 31.0 Å². The van der Waals surface area contributed by atoms with Crippen molar-refractivity contribution in [1.82, 2.24) is 15.3 Å². The summed E-state index contributed by atoms with van der Waals surface area (Å²) in [5.41, 5.74) is 5.17. The minimum atomic E-state index is -1.23. The number of hydrogen-bond acceptors (Lipinski definition) is 8. The van der Waals surface area contributed by atoms with Crippen LogP contribution in [0.4, 0.5) is 30.9 Å². The highest BCUT2D eigenvalue weighted by atomic mass is 19.1. The molecule has 11 nitrogen and oxygen atoms in total. The Kier molecular flexibility index (Phi) is 9.09. The topological polar surface area (TPSA) is 161 Å². The Morgan fingerprint density at radius 2 is 1.94 bits per heavy atom. The van der Waals surface area contributed by atoms with Crippen molar-refractivity contribution in [3.8, 4) is 5.88 Å². The normalized spacial score (nSPS) is 12.5. The standard InChI is InChI=1S/C20H26F2N6O5/c1-4-15(10(2)25-20(30)31)27-18-13(21)8-12(16(23)29)17(28-18)26-11-7-14(22)19(24-9-11)33-6-5-32-3/h7-10,15,25H,4-6H2,1-3H3,(H2,23,29)(H,30,31)(H2,26,27,28)/t10-,15+/m0/s1. The highest BCUT2D eigenvalue weighted by Gasteiger charge is 2.22. The van der Waals surface area contributed by atoms with Gasteiger partial charge in [0.2, 0.25) is 0 Å². The van der Waals surface area contributed by atoms with E-state index in [0.29, 0.717) is 6.42 Å². The van der Waals surface area contributed by atoms with Gasteiger partial charge in [-0.05, 0) is 19.4 Å². The molecule has 0 saturated carbocycles. The van der Waals surface area contributed by atoms with E-state index in [1.165, 1.54) is 13.3 Å². The van der Waals surface area contributed by atoms with Gasteiger partial charge in [0.25, 0.3) is 11.8 Å². The molecule has 6 N–H and O–H groups in total. The molecule has 0 unspecified atom stereocenters. The van der Waals surface area contributed by atoms with Crippen LogP contribution in [0.25, 0.3) is 0 Å². The number of nitrogens with one attached hydrogen (secondary N) is 3. The third kappa shape index (κ3) is 7.14. The smallest absolute Gasteiger partial charge is 0.404 e. The average molecular weight is 468 g/mol. The van der Waals surface area contributed by atoms with Gasteiger partial charge in [0.15, 0.2) is 17.5 Å². The maximum Gasteiger partial charge on any atom is 0.404 e. The van der Waals surface area contributed by atoms with E-state index in [9.17, 15) is 18.4 Å². The highest BCUT2D eigenvalue weighted by Crippen LogP contribution is 2.26. The fourth-order valence-electron chi connectivity index (χ4n) is 2.88. The van der Waals surface area contributed by atoms with E-state index in [2.05, 4.69) is 25.9 Å². The van der Waals surface area contributed by atoms with Crippen molar-refractivity contribution < 1.29 is 33.0 Å². The molecule has 2 atom stereocenters. The zero-order chi connectivity index (χ0) is 24.5. The van der Waals surface area contributed by atoms with Gasteiger partial charge in [0.05, 0.1) is 24.1 Å². The van der Waals surface area contributed by atoms with E-state index in [4.69, 9.17) is 20.3 Å². The number of rotatable bonds is 12. The number of ether oxygens (including phenoxy) is 2. The second-order valence-corrected chi connectivity index (χ2v) is 6.95. The monoisotopic (exact) mass is 468 g/mol. The van der Waals surface area contributed by atoms with Crippen LogP contribution in [0.2, 0.25) is 0 Å². The van der Waals surface area contributed by atoms with E-state index in [1.54, 1.807) is 13.8 Å². The van der Waals surface area contributed by atoms with Crippen LogP contribution >= 0.6 is 0 Å². The van der Waals surface area contributed by atoms with E-state index < -0.39 is 35.7 Å². The summed E-state index contributed by atoms with van der Waals surface area (Å²) in [5.74, 6) is -3.25. The van der Waals surface area contributed by atoms with Crippen LogP contribution in [0.1, 0.15) is 30.6 Å². The molecule has 0 spiro atoms. The van der Waals surface area contributed by atoms with Crippen LogP contribution in [-0.4, -0.2) is 59.5 Å². The molecule has 0 saturated heterocycles. The largest absolute Gasteiger partial charge is 0.473 e. The number of hydrogen-bond donors (Lipinski definition) is 5. The quantitative estimate of drug-likeness (QED) is 0.295. The summed E-state index contributed by atoms with van der Waals surface area (Å²) in [4.78, 5) is 30.7. The zero-order valence-electron chi connectivity index (χ0n) is 18.3. The number of carbonyl (C=O) groups is 2. The second-order valence-electron chi connectivity index (χ2n) is 6.95. The van der Waals surface area contributed by atoms with Crippen molar-refractivity contribution >= 4 is 29.3 Å². The summed E-state index contributed by atoms with van der Waals surface area (Å²) >= 11 is 0. The highest BCUT2D eigenvalue weighted by molar-refractivity contribution is 5.98. The first-order valence-corrected chi connectivity index (χ1v) is 9.96. The summed E-state index contributed by atoms with van der Waals surface area (Å²) in [6.07, 6.45) is 0.441. The lowest BCUT2D eigenvalue weighted by molar-refractivity contribution is 0.1000. The van der Waals surface area contributed by atoms with Crippen molar-refractivity contribution in [2.24, 2.45) is 5.73 Å². The maximum absolute atomic E-state index is 14.6. The van der Waals surface area contributed by atoms with Crippen molar-refractivity contribution in [2.45, 2.75) is 32.4 Å². The van der Waals surface area contributed by atoms with Crippen molar-refractivity contribution in [1.29, 1.82) is 0 Å². The van der Waals surface area contributed by atoms with Crippen LogP contribution in [0.5, 0.6) is 5.88 Å². The Balaban J connectivity index is 2.31. The third-order valence-corrected chi connectivity index (χ3v) is 4.55. The van der Waals surface area contributed by atoms with Gasteiger partial charge in [-0.1, -0.05) is 6.92 Å². The number of methoxy groups -OCH3 is 1. The maximum atomic E-state index is 14.6. The molecule has 0 aliphatic heterocycles. The number of aromatic nitrogens is 2. The molecular formula is C20H26F2N6O5. The minimum Gasteiger partial charge on any atom is -0.473 e. The van der Waals surface area contributed by atoms with Gasteiger partial charge in [-0.25, -0.2) is 23.5 Å². The van der Waals surface area contributed by atoms with E-state index in [-0.39, 0.29) is 42.0 Å². The summed E-state index contributed by atoms with van der Waals surface area (Å²) < 4.78 is 38.9. The summed E-state index contributed by atoms with van der Waals surface area (Å²) in [5, 5.41) is 16.7. The number of anilines is 3. The molecule has 180 valence electrons. The van der Waals surface area contributed by atoms with Crippen LogP contribution in [0, 0.1) is 11.6 Å². The lowest BCUT2D eigenvalue weighted by Gasteiger charge is -2.25. The molecule has 2 rings (SSSR count). The zero-order valence-corrected chi connectivity index (χ0v) is 18.3. The fraction of sp³-hybridized carbons (Fsp3) is 0.400. The molecule has 0 bridgehead atoms. The lowest BCUT2D eigenvalue weighted by Crippen LogP contribution is -2.44. The number of carboxylic acid groups (broad SMARTS) is 1. The number of nitrogens with two attached hydrogens (primary N) is 1. The molecule has 0 fully saturated rings. The van der Waals surface area contributed by atoms with Crippen LogP contribution < -0.4 is 26.4 Å². The third-order valence-electron chi connectivity index (χ3n) is 4.55. The predicted molar refractivity (Wildman–Crippen MR) is 116 cm³/mol. The van der Waals surface area contributed by atoms with Gasteiger partial charge >= 0.3 is 6.09 Å². The first kappa shape index (κ1) is 25.5. The number of carbonyl (C=O) groups excluding carboxylic acids is 1. The van der Waals surface area contributed by atoms with Gasteiger partial charge < -0.3 is 36.3 Å². The molecule has 0 aromatic carbocycles. The minimum absolute atomic E-state index is 0.0985. The molecule has 2 heterocycles. The van der Waals surface area contributed by atoms with Crippen molar-refractivity contribution in [3.63, 3.8) is 0 Å². The van der Waals surface area contributed by atoms with Gasteiger partial charge in [0.1, 0.15) is 12.4 Å². The molecule has 33 heavy (non-hydrogen) atoms. The van der Waals surface area contributed by atoms with E-state index in [0.717, 1.165) is 12.1 Å². The molecule has 13 heteroatoms. The number of halogens is 2. The van der Waals surface area contributed by atoms with Crippen LogP contribution in [0.15, 0.2) is 18.3 Å². The Hall–Kier alpha value is -3.74. The molecule has 2 aromatic rings. The Bertz CT molecular complexity index is 994. The molecular weight excluding hydrogens is 442 g/mol. The van der Waals surface area contributed by atoms with E-state index >= 15 is 0 Å². The molecule has 2 aromatic heterocycles. The second kappa shape index (κ2) is 11.8. The van der Waals surface area contributed by atoms with E-state index in [1.807, 2.05) is 0 Å². The average Bonchev–Trinajstić information content (AvgIpc) is 2.74. The lowest BCUT2D eigenvalue weighted by atomic mass is 10.1. The van der Waals surface area contributed by atoms with Gasteiger partial charge in [-0.3, -0.25) is 4.79 Å². The predicted octanol–water partition coefficient (Wildman–Crippen LogP) is 2.47. The number of nitrogens with zero attached hydrogens (tertiary/aromatic N) is 2. The van der Waals surface area contributed by atoms with Gasteiger partial charge in [-0.2, -0.15) is 0 Å². The van der Waals surface area contributed by atoms with Gasteiger partial charge in [0, 0.05) is 25.3 Å². The van der Waals surface area contributed by atoms with Crippen molar-refractivity contribution in [3.05, 3.63) is 35.5 Å². The SMILES string of the molecule is CC[C@@H](Nc1nc(Nc2cnc(OCCOC)c(F)c2)c(C(N)=O)cc1F)[C@H](C)NC(=O)O.